The maximum absolute atomic E-state index is 12.6. The highest BCUT2D eigenvalue weighted by atomic mass is 16.5. The van der Waals surface area contributed by atoms with Gasteiger partial charge in [0.1, 0.15) is 11.4 Å². The average Bonchev–Trinajstić information content (AvgIpc) is 3.29. The van der Waals surface area contributed by atoms with Crippen LogP contribution in [0.1, 0.15) is 39.0 Å². The van der Waals surface area contributed by atoms with Gasteiger partial charge >= 0.3 is 5.97 Å². The number of ether oxygens (including phenoxy) is 2. The molecule has 0 aliphatic rings. The van der Waals surface area contributed by atoms with Crippen molar-refractivity contribution in [2.24, 2.45) is 0 Å². The minimum absolute atomic E-state index is 0.151. The zero-order chi connectivity index (χ0) is 19.4. The molecule has 140 valence electrons. The molecule has 3 rings (SSSR count). The Morgan fingerprint density at radius 1 is 1.19 bits per heavy atom. The number of aromatic amines is 1. The third-order valence-electron chi connectivity index (χ3n) is 4.03. The number of benzene rings is 1. The molecular formula is C19H19N3O5. The van der Waals surface area contributed by atoms with Crippen LogP contribution in [0.2, 0.25) is 0 Å². The first-order valence-corrected chi connectivity index (χ1v) is 8.40. The van der Waals surface area contributed by atoms with E-state index in [2.05, 4.69) is 15.2 Å². The van der Waals surface area contributed by atoms with Crippen molar-refractivity contribution in [3.63, 3.8) is 0 Å². The van der Waals surface area contributed by atoms with E-state index in [-0.39, 0.29) is 19.0 Å². The Balaban J connectivity index is 1.68. The molecule has 2 aromatic heterocycles. The second-order valence-electron chi connectivity index (χ2n) is 5.83. The molecule has 8 heteroatoms. The van der Waals surface area contributed by atoms with Gasteiger partial charge in [0.25, 0.3) is 0 Å². The van der Waals surface area contributed by atoms with Gasteiger partial charge in [0, 0.05) is 16.8 Å². The van der Waals surface area contributed by atoms with Crippen molar-refractivity contribution in [2.45, 2.75) is 20.8 Å². The lowest BCUT2D eigenvalue weighted by molar-refractivity contribution is 0.0519. The number of hydrogen-bond donors (Lipinski definition) is 1. The summed E-state index contributed by atoms with van der Waals surface area (Å²) >= 11 is 0. The number of aromatic nitrogens is 3. The summed E-state index contributed by atoms with van der Waals surface area (Å²) in [4.78, 5) is 27.5. The van der Waals surface area contributed by atoms with Crippen molar-refractivity contribution >= 4 is 11.8 Å². The highest BCUT2D eigenvalue weighted by Gasteiger charge is 2.23. The van der Waals surface area contributed by atoms with E-state index >= 15 is 0 Å². The van der Waals surface area contributed by atoms with Crippen molar-refractivity contribution in [2.75, 3.05) is 13.2 Å². The molecule has 0 aliphatic carbocycles. The smallest absolute Gasteiger partial charge is 0.355 e. The van der Waals surface area contributed by atoms with Crippen molar-refractivity contribution in [3.8, 4) is 17.2 Å². The molecule has 0 aliphatic heterocycles. The molecule has 0 saturated heterocycles. The van der Waals surface area contributed by atoms with Crippen LogP contribution in [0, 0.1) is 13.8 Å². The monoisotopic (exact) mass is 369 g/mol. The van der Waals surface area contributed by atoms with Gasteiger partial charge in [0.05, 0.1) is 6.61 Å². The minimum atomic E-state index is -0.477. The van der Waals surface area contributed by atoms with E-state index in [1.165, 1.54) is 6.39 Å². The van der Waals surface area contributed by atoms with Crippen LogP contribution in [0.15, 0.2) is 35.1 Å². The number of nitrogens with one attached hydrogen (secondary N) is 1. The Bertz CT molecular complexity index is 943. The highest BCUT2D eigenvalue weighted by Crippen LogP contribution is 2.22. The zero-order valence-corrected chi connectivity index (χ0v) is 15.2. The molecule has 0 saturated carbocycles. The molecule has 0 amide bonds. The maximum Gasteiger partial charge on any atom is 0.355 e. The Labute approximate surface area is 155 Å². The number of carbonyl (C=O) groups is 2. The fraction of sp³-hybridized carbons (Fsp3) is 0.263. The Kier molecular flexibility index (Phi) is 5.35. The second kappa shape index (κ2) is 7.86. The van der Waals surface area contributed by atoms with Crippen LogP contribution in [0.5, 0.6) is 5.75 Å². The molecule has 0 bridgehead atoms. The number of H-pyrrole nitrogens is 1. The van der Waals surface area contributed by atoms with Crippen LogP contribution in [0.4, 0.5) is 0 Å². The molecule has 0 radical (unpaired) electrons. The van der Waals surface area contributed by atoms with E-state index in [0.29, 0.717) is 34.2 Å². The number of ketones is 1. The van der Waals surface area contributed by atoms with Gasteiger partial charge in [0.15, 0.2) is 6.61 Å². The predicted octanol–water partition coefficient (Wildman–Crippen LogP) is 3.12. The molecule has 0 atom stereocenters. The van der Waals surface area contributed by atoms with Crippen LogP contribution >= 0.6 is 0 Å². The van der Waals surface area contributed by atoms with Gasteiger partial charge in [-0.1, -0.05) is 0 Å². The third-order valence-corrected chi connectivity index (χ3v) is 4.03. The number of hydrogen-bond acceptors (Lipinski definition) is 7. The van der Waals surface area contributed by atoms with E-state index in [0.717, 1.165) is 5.56 Å². The van der Waals surface area contributed by atoms with Gasteiger partial charge < -0.3 is 18.9 Å². The summed E-state index contributed by atoms with van der Waals surface area (Å²) in [5, 5.41) is 7.45. The summed E-state index contributed by atoms with van der Waals surface area (Å²) < 4.78 is 15.7. The number of esters is 1. The lowest BCUT2D eigenvalue weighted by atomic mass is 10.1. The summed E-state index contributed by atoms with van der Waals surface area (Å²) in [7, 11) is 0. The molecule has 1 aromatic carbocycles. The van der Waals surface area contributed by atoms with Crippen LogP contribution in [0.3, 0.4) is 0 Å². The maximum atomic E-state index is 12.6. The first kappa shape index (κ1) is 18.4. The minimum Gasteiger partial charge on any atom is -0.485 e. The topological polar surface area (TPSA) is 107 Å². The number of nitrogens with zero attached hydrogens (tertiary/aromatic N) is 2. The van der Waals surface area contributed by atoms with Crippen LogP contribution < -0.4 is 4.74 Å². The highest BCUT2D eigenvalue weighted by molar-refractivity contribution is 6.03. The fourth-order valence-corrected chi connectivity index (χ4v) is 2.79. The van der Waals surface area contributed by atoms with E-state index in [1.54, 1.807) is 45.0 Å². The first-order valence-electron chi connectivity index (χ1n) is 8.40. The third kappa shape index (κ3) is 3.89. The van der Waals surface area contributed by atoms with Crippen molar-refractivity contribution in [1.29, 1.82) is 0 Å². The Morgan fingerprint density at radius 2 is 1.93 bits per heavy atom. The second-order valence-corrected chi connectivity index (χ2v) is 5.83. The largest absolute Gasteiger partial charge is 0.485 e. The van der Waals surface area contributed by atoms with Crippen LogP contribution in [-0.4, -0.2) is 40.1 Å². The number of aryl methyl sites for hydroxylation is 1. The normalized spacial score (nSPS) is 10.6. The lowest BCUT2D eigenvalue weighted by Gasteiger charge is -2.07. The van der Waals surface area contributed by atoms with E-state index < -0.39 is 5.97 Å². The molecule has 27 heavy (non-hydrogen) atoms. The quantitative estimate of drug-likeness (QED) is 0.503. The van der Waals surface area contributed by atoms with E-state index in [4.69, 9.17) is 13.9 Å². The molecule has 0 spiro atoms. The van der Waals surface area contributed by atoms with Crippen molar-refractivity contribution in [3.05, 3.63) is 53.2 Å². The number of carbonyl (C=O) groups excluding carboxylic acids is 2. The number of Topliss-reactive ketones (excluding diaryl/α,β-unsaturated/α-hetero) is 1. The fourth-order valence-electron chi connectivity index (χ4n) is 2.79. The Hall–Kier alpha value is -3.42. The SMILES string of the molecule is CCOC(=O)c1[nH]c(C)c(C(=O)COc2ccc(-c3nnco3)cc2)c1C. The summed E-state index contributed by atoms with van der Waals surface area (Å²) in [6.45, 7) is 5.29. The zero-order valence-electron chi connectivity index (χ0n) is 15.2. The molecular weight excluding hydrogens is 350 g/mol. The average molecular weight is 369 g/mol. The predicted molar refractivity (Wildman–Crippen MR) is 95.8 cm³/mol. The summed E-state index contributed by atoms with van der Waals surface area (Å²) in [5.74, 6) is 0.234. The van der Waals surface area contributed by atoms with Crippen LogP contribution in [-0.2, 0) is 4.74 Å². The summed E-state index contributed by atoms with van der Waals surface area (Å²) in [6.07, 6.45) is 1.25. The van der Waals surface area contributed by atoms with Gasteiger partial charge in [-0.3, -0.25) is 4.79 Å². The molecule has 2 heterocycles. The summed E-state index contributed by atoms with van der Waals surface area (Å²) in [5.41, 5.74) is 2.66. The van der Waals surface area contributed by atoms with Gasteiger partial charge in [0.2, 0.25) is 18.1 Å². The molecule has 0 fully saturated rings. The molecule has 3 aromatic rings. The van der Waals surface area contributed by atoms with Crippen LogP contribution in [0.25, 0.3) is 11.5 Å². The molecule has 1 N–H and O–H groups in total. The summed E-state index contributed by atoms with van der Waals surface area (Å²) in [6, 6.07) is 6.96. The lowest BCUT2D eigenvalue weighted by Crippen LogP contribution is -2.13. The Morgan fingerprint density at radius 3 is 2.56 bits per heavy atom. The van der Waals surface area contributed by atoms with Gasteiger partial charge in [-0.05, 0) is 50.6 Å². The van der Waals surface area contributed by atoms with E-state index in [9.17, 15) is 9.59 Å². The van der Waals surface area contributed by atoms with Gasteiger partial charge in [-0.25, -0.2) is 4.79 Å². The number of rotatable bonds is 7. The van der Waals surface area contributed by atoms with Crippen molar-refractivity contribution < 1.29 is 23.5 Å². The van der Waals surface area contributed by atoms with Crippen molar-refractivity contribution in [1.82, 2.24) is 15.2 Å². The van der Waals surface area contributed by atoms with Gasteiger partial charge in [-0.2, -0.15) is 0 Å². The first-order chi connectivity index (χ1) is 13.0. The standard InChI is InChI=1S/C19H19N3O5/c1-4-25-19(24)17-11(2)16(12(3)21-17)15(23)9-26-14-7-5-13(6-8-14)18-22-20-10-27-18/h5-8,10,21H,4,9H2,1-3H3. The van der Waals surface area contributed by atoms with Gasteiger partial charge in [-0.15, -0.1) is 10.2 Å². The molecule has 8 nitrogen and oxygen atoms in total. The van der Waals surface area contributed by atoms with E-state index in [1.807, 2.05) is 0 Å². The molecule has 0 unspecified atom stereocenters.